The van der Waals surface area contributed by atoms with Gasteiger partial charge >= 0.3 is 0 Å². The molecule has 1 heterocycles. The first-order chi connectivity index (χ1) is 6.93. The fraction of sp³-hybridized carbons (Fsp3) is 0.875. The van der Waals surface area contributed by atoms with E-state index in [4.69, 9.17) is 10.4 Å². The lowest BCUT2D eigenvalue weighted by atomic mass is 9.91. The topological polar surface area (TPSA) is 134 Å². The highest BCUT2D eigenvalue weighted by Gasteiger charge is 2.52. The minimum atomic E-state index is -2.42. The van der Waals surface area contributed by atoms with Crippen LogP contribution < -0.4 is 0 Å². The van der Waals surface area contributed by atoms with Crippen LogP contribution in [0.3, 0.4) is 0 Å². The van der Waals surface area contributed by atoms with Crippen molar-refractivity contribution in [1.82, 2.24) is 0 Å². The van der Waals surface area contributed by atoms with Crippen molar-refractivity contribution in [3.63, 3.8) is 0 Å². The lowest BCUT2D eigenvalue weighted by molar-refractivity contribution is -0.350. The lowest BCUT2D eigenvalue weighted by Crippen LogP contribution is -2.65. The van der Waals surface area contributed by atoms with Crippen molar-refractivity contribution in [3.8, 4) is 6.07 Å². The average molecular weight is 219 g/mol. The minimum absolute atomic E-state index is 0.433. The van der Waals surface area contributed by atoms with E-state index in [0.717, 1.165) is 0 Å². The number of aliphatic hydroxyl groups excluding tert-OH is 4. The standard InChI is InChI=1S/C8H13NO6/c9-2-1-5(11)8(14)7(13)6(12)4(10)3-15-8/h4-7,10-14H,1,3H2/t4-,5+,6-,7+,8+/m1/s1. The number of nitriles is 1. The highest BCUT2D eigenvalue weighted by atomic mass is 16.7. The van der Waals surface area contributed by atoms with Crippen molar-refractivity contribution in [3.05, 3.63) is 0 Å². The first kappa shape index (κ1) is 12.3. The van der Waals surface area contributed by atoms with Gasteiger partial charge in [0.1, 0.15) is 24.4 Å². The van der Waals surface area contributed by atoms with Crippen LogP contribution in [-0.4, -0.2) is 62.3 Å². The molecule has 0 amide bonds. The quantitative estimate of drug-likeness (QED) is 0.335. The van der Waals surface area contributed by atoms with Gasteiger partial charge in [0.2, 0.25) is 5.79 Å². The molecule has 86 valence electrons. The second-order valence-corrected chi connectivity index (χ2v) is 3.44. The predicted molar refractivity (Wildman–Crippen MR) is 45.2 cm³/mol. The van der Waals surface area contributed by atoms with Gasteiger partial charge in [-0.1, -0.05) is 0 Å². The number of ether oxygens (including phenoxy) is 1. The zero-order valence-corrected chi connectivity index (χ0v) is 7.82. The largest absolute Gasteiger partial charge is 0.388 e. The Kier molecular flexibility index (Phi) is 3.62. The van der Waals surface area contributed by atoms with Gasteiger partial charge in [-0.2, -0.15) is 5.26 Å². The van der Waals surface area contributed by atoms with Gasteiger partial charge in [-0.25, -0.2) is 0 Å². The van der Waals surface area contributed by atoms with E-state index in [1.54, 1.807) is 6.07 Å². The number of aliphatic hydroxyl groups is 5. The maximum Gasteiger partial charge on any atom is 0.222 e. The van der Waals surface area contributed by atoms with E-state index in [1.807, 2.05) is 0 Å². The third kappa shape index (κ3) is 2.10. The van der Waals surface area contributed by atoms with Gasteiger partial charge < -0.3 is 30.3 Å². The van der Waals surface area contributed by atoms with Gasteiger partial charge in [-0.05, 0) is 0 Å². The summed E-state index contributed by atoms with van der Waals surface area (Å²) in [5, 5.41) is 55.1. The van der Waals surface area contributed by atoms with Crippen molar-refractivity contribution < 1.29 is 30.3 Å². The molecule has 1 aliphatic heterocycles. The van der Waals surface area contributed by atoms with Gasteiger partial charge in [-0.15, -0.1) is 0 Å². The highest BCUT2D eigenvalue weighted by Crippen LogP contribution is 2.28. The number of nitrogens with zero attached hydrogens (tertiary/aromatic N) is 1. The van der Waals surface area contributed by atoms with E-state index in [9.17, 15) is 20.4 Å². The maximum absolute atomic E-state index is 9.68. The molecule has 0 aliphatic carbocycles. The van der Waals surface area contributed by atoms with Crippen LogP contribution in [0.4, 0.5) is 0 Å². The van der Waals surface area contributed by atoms with Crippen LogP contribution in [0.15, 0.2) is 0 Å². The zero-order chi connectivity index (χ0) is 11.6. The van der Waals surface area contributed by atoms with Crippen LogP contribution in [0.1, 0.15) is 6.42 Å². The van der Waals surface area contributed by atoms with Crippen LogP contribution in [0.25, 0.3) is 0 Å². The molecule has 1 saturated heterocycles. The normalized spacial score (nSPS) is 43.3. The van der Waals surface area contributed by atoms with Gasteiger partial charge in [0, 0.05) is 0 Å². The Morgan fingerprint density at radius 3 is 2.60 bits per heavy atom. The third-order valence-electron chi connectivity index (χ3n) is 2.39. The molecule has 5 atom stereocenters. The fourth-order valence-electron chi connectivity index (χ4n) is 1.38. The van der Waals surface area contributed by atoms with E-state index < -0.39 is 43.2 Å². The van der Waals surface area contributed by atoms with Crippen LogP contribution in [0.5, 0.6) is 0 Å². The molecule has 0 aromatic heterocycles. The number of hydrogen-bond acceptors (Lipinski definition) is 7. The maximum atomic E-state index is 9.68. The Morgan fingerprint density at radius 1 is 1.47 bits per heavy atom. The second-order valence-electron chi connectivity index (χ2n) is 3.44. The van der Waals surface area contributed by atoms with E-state index in [-0.39, 0.29) is 0 Å². The van der Waals surface area contributed by atoms with E-state index in [0.29, 0.717) is 0 Å². The average Bonchev–Trinajstić information content (AvgIpc) is 2.21. The Morgan fingerprint density at radius 2 is 2.07 bits per heavy atom. The molecule has 0 aromatic carbocycles. The summed E-state index contributed by atoms with van der Waals surface area (Å²) in [6, 6.07) is 1.59. The van der Waals surface area contributed by atoms with E-state index in [1.165, 1.54) is 0 Å². The lowest BCUT2D eigenvalue weighted by Gasteiger charge is -2.43. The Labute approximate surface area is 85.8 Å². The summed E-state index contributed by atoms with van der Waals surface area (Å²) in [5.74, 6) is -2.42. The highest BCUT2D eigenvalue weighted by molar-refractivity contribution is 4.98. The molecule has 15 heavy (non-hydrogen) atoms. The summed E-state index contributed by atoms with van der Waals surface area (Å²) in [4.78, 5) is 0. The third-order valence-corrected chi connectivity index (χ3v) is 2.39. The van der Waals surface area contributed by atoms with Crippen molar-refractivity contribution >= 4 is 0 Å². The van der Waals surface area contributed by atoms with Crippen molar-refractivity contribution in [1.29, 1.82) is 5.26 Å². The summed E-state index contributed by atoms with van der Waals surface area (Å²) < 4.78 is 4.67. The molecule has 7 heteroatoms. The number of rotatable bonds is 2. The molecule has 0 spiro atoms. The monoisotopic (exact) mass is 219 g/mol. The minimum Gasteiger partial charge on any atom is -0.388 e. The summed E-state index contributed by atoms with van der Waals surface area (Å²) in [7, 11) is 0. The van der Waals surface area contributed by atoms with Crippen LogP contribution >= 0.6 is 0 Å². The van der Waals surface area contributed by atoms with Crippen LogP contribution in [0, 0.1) is 11.3 Å². The molecule has 0 bridgehead atoms. The molecule has 0 radical (unpaired) electrons. The van der Waals surface area contributed by atoms with Gasteiger partial charge in [-0.3, -0.25) is 0 Å². The van der Waals surface area contributed by atoms with E-state index in [2.05, 4.69) is 4.74 Å². The molecule has 1 rings (SSSR count). The second kappa shape index (κ2) is 4.40. The first-order valence-electron chi connectivity index (χ1n) is 4.39. The molecule has 0 aromatic rings. The Hall–Kier alpha value is -0.750. The van der Waals surface area contributed by atoms with Crippen molar-refractivity contribution in [2.75, 3.05) is 6.61 Å². The summed E-state index contributed by atoms with van der Waals surface area (Å²) in [6.45, 7) is -0.433. The number of hydrogen-bond donors (Lipinski definition) is 5. The van der Waals surface area contributed by atoms with Gasteiger partial charge in [0.25, 0.3) is 0 Å². The van der Waals surface area contributed by atoms with E-state index >= 15 is 0 Å². The molecule has 1 fully saturated rings. The molecular weight excluding hydrogens is 206 g/mol. The zero-order valence-electron chi connectivity index (χ0n) is 7.82. The Bertz CT molecular complexity index is 266. The summed E-state index contributed by atoms with van der Waals surface area (Å²) in [6.07, 6.45) is -6.95. The first-order valence-corrected chi connectivity index (χ1v) is 4.39. The fourth-order valence-corrected chi connectivity index (χ4v) is 1.38. The van der Waals surface area contributed by atoms with Crippen LogP contribution in [0.2, 0.25) is 0 Å². The van der Waals surface area contributed by atoms with Gasteiger partial charge in [0.15, 0.2) is 0 Å². The summed E-state index contributed by atoms with van der Waals surface area (Å²) >= 11 is 0. The van der Waals surface area contributed by atoms with Crippen molar-refractivity contribution in [2.24, 2.45) is 0 Å². The molecule has 1 aliphatic rings. The SMILES string of the molecule is N#CC[C@H](O)[C@]1(O)OC[C@@H](O)[C@@H](O)[C@@H]1O. The molecule has 0 saturated carbocycles. The molecule has 7 nitrogen and oxygen atoms in total. The summed E-state index contributed by atoms with van der Waals surface area (Å²) in [5.41, 5.74) is 0. The van der Waals surface area contributed by atoms with Gasteiger partial charge in [0.05, 0.1) is 19.1 Å². The Balaban J connectivity index is 2.80. The molecular formula is C8H13NO6. The van der Waals surface area contributed by atoms with Crippen molar-refractivity contribution in [2.45, 2.75) is 36.6 Å². The smallest absolute Gasteiger partial charge is 0.222 e. The predicted octanol–water partition coefficient (Wildman–Crippen LogP) is -2.94. The molecule has 0 unspecified atom stereocenters. The van der Waals surface area contributed by atoms with Crippen LogP contribution in [-0.2, 0) is 4.74 Å². The molecule has 5 N–H and O–H groups in total.